The average Bonchev–Trinajstić information content (AvgIpc) is 2.93. The van der Waals surface area contributed by atoms with Gasteiger partial charge in [0.25, 0.3) is 0 Å². The number of hydrogen-bond donors (Lipinski definition) is 4. The fourth-order valence-electron chi connectivity index (χ4n) is 1.77. The summed E-state index contributed by atoms with van der Waals surface area (Å²) < 4.78 is 0. The van der Waals surface area contributed by atoms with Gasteiger partial charge in [0.05, 0.1) is 12.2 Å². The smallest absolute Gasteiger partial charge is 0.354 e. The molecule has 0 bridgehead atoms. The van der Waals surface area contributed by atoms with Crippen LogP contribution in [0.2, 0.25) is 0 Å². The summed E-state index contributed by atoms with van der Waals surface area (Å²) in [4.78, 5) is 26.5. The summed E-state index contributed by atoms with van der Waals surface area (Å²) in [5.41, 5.74) is 2.03. The zero-order valence-electron chi connectivity index (χ0n) is 11.1. The van der Waals surface area contributed by atoms with Gasteiger partial charge < -0.3 is 20.7 Å². The molecule has 2 aromatic heterocycles. The molecular weight excluding hydrogens is 278 g/mol. The number of aromatic carboxylic acids is 1. The van der Waals surface area contributed by atoms with Crippen molar-refractivity contribution in [2.75, 3.05) is 5.32 Å². The molecule has 0 aliphatic heterocycles. The van der Waals surface area contributed by atoms with Crippen molar-refractivity contribution in [3.05, 3.63) is 39.3 Å². The van der Waals surface area contributed by atoms with E-state index in [1.54, 1.807) is 24.3 Å². The number of amides is 2. The quantitative estimate of drug-likeness (QED) is 0.698. The van der Waals surface area contributed by atoms with Crippen molar-refractivity contribution >= 4 is 29.0 Å². The summed E-state index contributed by atoms with van der Waals surface area (Å²) >= 11 is 1.57. The third-order valence-corrected chi connectivity index (χ3v) is 3.82. The van der Waals surface area contributed by atoms with Gasteiger partial charge in [0.2, 0.25) is 0 Å². The molecule has 20 heavy (non-hydrogen) atoms. The number of rotatable bonds is 4. The van der Waals surface area contributed by atoms with Gasteiger partial charge in [0.15, 0.2) is 0 Å². The lowest BCUT2D eigenvalue weighted by Gasteiger charge is -2.06. The molecule has 6 nitrogen and oxygen atoms in total. The average molecular weight is 293 g/mol. The molecule has 7 heteroatoms. The minimum Gasteiger partial charge on any atom is -0.477 e. The normalized spacial score (nSPS) is 10.3. The van der Waals surface area contributed by atoms with Crippen molar-refractivity contribution in [1.82, 2.24) is 10.3 Å². The first-order valence-corrected chi connectivity index (χ1v) is 6.86. The van der Waals surface area contributed by atoms with E-state index in [1.807, 2.05) is 18.4 Å². The number of urea groups is 1. The Morgan fingerprint density at radius 3 is 2.75 bits per heavy atom. The van der Waals surface area contributed by atoms with Gasteiger partial charge in [-0.1, -0.05) is 0 Å². The Labute approximate surface area is 119 Å². The van der Waals surface area contributed by atoms with Gasteiger partial charge in [-0.2, -0.15) is 0 Å². The van der Waals surface area contributed by atoms with Gasteiger partial charge in [0, 0.05) is 10.6 Å². The second kappa shape index (κ2) is 5.79. The van der Waals surface area contributed by atoms with E-state index in [-0.39, 0.29) is 11.4 Å². The van der Waals surface area contributed by atoms with Crippen LogP contribution in [-0.4, -0.2) is 22.1 Å². The van der Waals surface area contributed by atoms with Crippen LogP contribution in [0.25, 0.3) is 0 Å². The largest absolute Gasteiger partial charge is 0.477 e. The topological polar surface area (TPSA) is 94.2 Å². The summed E-state index contributed by atoms with van der Waals surface area (Å²) in [6, 6.07) is 3.14. The van der Waals surface area contributed by atoms with E-state index in [1.165, 1.54) is 0 Å². The number of aromatic nitrogens is 1. The molecule has 0 saturated heterocycles. The molecular formula is C13H15N3O3S. The SMILES string of the molecule is Cc1cc(NC(=O)NCc2sccc2C)c(C(=O)O)[nH]1. The van der Waals surface area contributed by atoms with Crippen molar-refractivity contribution in [2.24, 2.45) is 0 Å². The Bertz CT molecular complexity index is 645. The van der Waals surface area contributed by atoms with E-state index < -0.39 is 12.0 Å². The molecule has 2 aromatic rings. The lowest BCUT2D eigenvalue weighted by atomic mass is 10.3. The predicted octanol–water partition coefficient (Wildman–Crippen LogP) is 2.71. The van der Waals surface area contributed by atoms with Crippen LogP contribution in [0.4, 0.5) is 10.5 Å². The molecule has 0 radical (unpaired) electrons. The van der Waals surface area contributed by atoms with Gasteiger partial charge >= 0.3 is 12.0 Å². The number of carboxylic acids is 1. The van der Waals surface area contributed by atoms with E-state index in [9.17, 15) is 9.59 Å². The van der Waals surface area contributed by atoms with Gasteiger partial charge in [0.1, 0.15) is 5.69 Å². The second-order valence-corrected chi connectivity index (χ2v) is 5.38. The minimum atomic E-state index is -1.11. The van der Waals surface area contributed by atoms with Crippen molar-refractivity contribution < 1.29 is 14.7 Å². The highest BCUT2D eigenvalue weighted by atomic mass is 32.1. The highest BCUT2D eigenvalue weighted by molar-refractivity contribution is 7.10. The number of H-pyrrole nitrogens is 1. The van der Waals surface area contributed by atoms with Crippen molar-refractivity contribution in [1.29, 1.82) is 0 Å². The molecule has 0 unspecified atom stereocenters. The molecule has 0 aliphatic rings. The van der Waals surface area contributed by atoms with Crippen LogP contribution in [0.1, 0.15) is 26.6 Å². The van der Waals surface area contributed by atoms with Crippen LogP contribution in [0.15, 0.2) is 17.5 Å². The fourth-order valence-corrected chi connectivity index (χ4v) is 2.61. The maximum absolute atomic E-state index is 11.8. The van der Waals surface area contributed by atoms with Gasteiger partial charge in [-0.15, -0.1) is 11.3 Å². The number of carbonyl (C=O) groups excluding carboxylic acids is 1. The number of hydrogen-bond acceptors (Lipinski definition) is 3. The molecule has 0 aliphatic carbocycles. The predicted molar refractivity (Wildman–Crippen MR) is 77.4 cm³/mol. The fraction of sp³-hybridized carbons (Fsp3) is 0.231. The van der Waals surface area contributed by atoms with E-state index in [0.717, 1.165) is 10.4 Å². The maximum Gasteiger partial charge on any atom is 0.354 e. The van der Waals surface area contributed by atoms with Crippen LogP contribution >= 0.6 is 11.3 Å². The highest BCUT2D eigenvalue weighted by Gasteiger charge is 2.15. The highest BCUT2D eigenvalue weighted by Crippen LogP contribution is 2.17. The molecule has 106 valence electrons. The third-order valence-electron chi connectivity index (χ3n) is 2.79. The Hall–Kier alpha value is -2.28. The summed E-state index contributed by atoms with van der Waals surface area (Å²) in [6.45, 7) is 4.12. The first-order chi connectivity index (χ1) is 9.47. The standard InChI is InChI=1S/C13H15N3O3S/c1-7-3-4-20-10(7)6-14-13(19)16-9-5-8(2)15-11(9)12(17)18/h3-5,15H,6H2,1-2H3,(H,17,18)(H2,14,16,19). The number of aryl methyl sites for hydroxylation is 2. The zero-order valence-corrected chi connectivity index (χ0v) is 11.9. The summed E-state index contributed by atoms with van der Waals surface area (Å²) in [5, 5.41) is 16.2. The lowest BCUT2D eigenvalue weighted by Crippen LogP contribution is -2.28. The van der Waals surface area contributed by atoms with Crippen LogP contribution < -0.4 is 10.6 Å². The Kier molecular flexibility index (Phi) is 4.09. The third kappa shape index (κ3) is 3.18. The number of anilines is 1. The van der Waals surface area contributed by atoms with Crippen LogP contribution in [0.5, 0.6) is 0 Å². The number of nitrogens with one attached hydrogen (secondary N) is 3. The molecule has 0 aromatic carbocycles. The number of aromatic amines is 1. The second-order valence-electron chi connectivity index (χ2n) is 4.38. The zero-order chi connectivity index (χ0) is 14.7. The van der Waals surface area contributed by atoms with E-state index in [2.05, 4.69) is 15.6 Å². The van der Waals surface area contributed by atoms with E-state index in [0.29, 0.717) is 12.2 Å². The Morgan fingerprint density at radius 1 is 1.40 bits per heavy atom. The molecule has 0 saturated carbocycles. The number of thiophene rings is 1. The van der Waals surface area contributed by atoms with Gasteiger partial charge in [-0.05, 0) is 36.9 Å². The van der Waals surface area contributed by atoms with Crippen molar-refractivity contribution in [2.45, 2.75) is 20.4 Å². The first-order valence-electron chi connectivity index (χ1n) is 5.98. The first kappa shape index (κ1) is 14.1. The minimum absolute atomic E-state index is 0.0232. The molecule has 4 N–H and O–H groups in total. The number of carbonyl (C=O) groups is 2. The molecule has 2 heterocycles. The van der Waals surface area contributed by atoms with Crippen molar-refractivity contribution in [3.8, 4) is 0 Å². The van der Waals surface area contributed by atoms with E-state index >= 15 is 0 Å². The summed E-state index contributed by atoms with van der Waals surface area (Å²) in [6.07, 6.45) is 0. The Balaban J connectivity index is 1.98. The maximum atomic E-state index is 11.8. The monoisotopic (exact) mass is 293 g/mol. The van der Waals surface area contributed by atoms with Crippen LogP contribution in [0.3, 0.4) is 0 Å². The van der Waals surface area contributed by atoms with Gasteiger partial charge in [-0.25, -0.2) is 9.59 Å². The molecule has 0 atom stereocenters. The summed E-state index contributed by atoms with van der Waals surface area (Å²) in [5.74, 6) is -1.11. The molecule has 2 rings (SSSR count). The lowest BCUT2D eigenvalue weighted by molar-refractivity contribution is 0.0692. The van der Waals surface area contributed by atoms with Crippen LogP contribution in [-0.2, 0) is 6.54 Å². The van der Waals surface area contributed by atoms with E-state index in [4.69, 9.17) is 5.11 Å². The number of carboxylic acid groups (broad SMARTS) is 1. The van der Waals surface area contributed by atoms with Crippen LogP contribution in [0, 0.1) is 13.8 Å². The molecule has 0 fully saturated rings. The molecule has 0 spiro atoms. The van der Waals surface area contributed by atoms with Gasteiger partial charge in [-0.3, -0.25) is 0 Å². The Morgan fingerprint density at radius 2 is 2.15 bits per heavy atom. The van der Waals surface area contributed by atoms with Crippen molar-refractivity contribution in [3.63, 3.8) is 0 Å². The summed E-state index contributed by atoms with van der Waals surface area (Å²) in [7, 11) is 0. The molecule has 2 amide bonds.